The van der Waals surface area contributed by atoms with Gasteiger partial charge in [0.15, 0.2) is 11.5 Å². The van der Waals surface area contributed by atoms with Crippen molar-refractivity contribution < 1.29 is 39.8 Å². The van der Waals surface area contributed by atoms with Crippen LogP contribution >= 0.6 is 23.1 Å². The molecule has 366 valence electrons. The smallest absolute Gasteiger partial charge is 0.246 e. The number of nitrogens with zero attached hydrogens (tertiary/aromatic N) is 8. The van der Waals surface area contributed by atoms with E-state index in [1.165, 1.54) is 74.7 Å². The van der Waals surface area contributed by atoms with Gasteiger partial charge in [-0.15, -0.1) is 0 Å². The number of methoxy groups -OCH3 is 3. The topological polar surface area (TPSA) is 160 Å². The van der Waals surface area contributed by atoms with Crippen molar-refractivity contribution >= 4 is 53.4 Å². The van der Waals surface area contributed by atoms with Gasteiger partial charge in [0.2, 0.25) is 30.3 Å². The van der Waals surface area contributed by atoms with Crippen molar-refractivity contribution in [1.29, 1.82) is 0 Å². The molecule has 0 amide bonds. The summed E-state index contributed by atoms with van der Waals surface area (Å²) in [5.74, 6) is 2.23. The third kappa shape index (κ3) is 10.4. The Labute approximate surface area is 410 Å². The molecule has 10 rings (SSSR count). The van der Waals surface area contributed by atoms with E-state index in [0.717, 1.165) is 90.5 Å². The number of ether oxygens (including phenoxy) is 3. The normalized spacial score (nSPS) is 18.0. The molecule has 6 heterocycles. The van der Waals surface area contributed by atoms with Gasteiger partial charge in [-0.05, 0) is 97.8 Å². The average Bonchev–Trinajstić information content (AvgIpc) is 4.01. The fourth-order valence-electron chi connectivity index (χ4n) is 9.54. The van der Waals surface area contributed by atoms with Crippen molar-refractivity contribution in [3.63, 3.8) is 0 Å². The highest BCUT2D eigenvalue weighted by Gasteiger charge is 2.49. The first-order valence-electron chi connectivity index (χ1n) is 22.6. The zero-order chi connectivity index (χ0) is 48.6. The van der Waals surface area contributed by atoms with Crippen molar-refractivity contribution in [2.75, 3.05) is 83.5 Å². The lowest BCUT2D eigenvalue weighted by Crippen LogP contribution is -2.61. The average molecular weight is 1020 g/mol. The molecule has 4 aliphatic heterocycles. The molecule has 0 radical (unpaired) electrons. The van der Waals surface area contributed by atoms with E-state index in [9.17, 15) is 25.6 Å². The van der Waals surface area contributed by atoms with Crippen molar-refractivity contribution in [3.8, 4) is 17.2 Å². The van der Waals surface area contributed by atoms with Crippen molar-refractivity contribution in [3.05, 3.63) is 125 Å². The van der Waals surface area contributed by atoms with Gasteiger partial charge >= 0.3 is 0 Å². The first-order chi connectivity index (χ1) is 33.1. The lowest BCUT2D eigenvalue weighted by atomic mass is 9.73. The predicted octanol–water partition coefficient (Wildman–Crippen LogP) is 7.45. The molecule has 0 atom stereocenters. The van der Waals surface area contributed by atoms with E-state index in [1.54, 1.807) is 57.1 Å². The molecule has 69 heavy (non-hydrogen) atoms. The predicted molar refractivity (Wildman–Crippen MR) is 261 cm³/mol. The molecule has 0 saturated carbocycles. The molecule has 15 nitrogen and oxygen atoms in total. The number of aromatic nitrogens is 4. The van der Waals surface area contributed by atoms with Gasteiger partial charge < -0.3 is 24.0 Å². The molecule has 2 spiro atoms. The summed E-state index contributed by atoms with van der Waals surface area (Å²) >= 11 is 2.76. The number of aryl methyl sites for hydroxylation is 1. The van der Waals surface area contributed by atoms with E-state index in [2.05, 4.69) is 28.5 Å². The molecule has 2 aromatic heterocycles. The Morgan fingerprint density at radius 3 is 1.45 bits per heavy atom. The Bertz CT molecular complexity index is 2980. The van der Waals surface area contributed by atoms with Crippen molar-refractivity contribution in [2.24, 2.45) is 10.8 Å². The molecule has 0 bridgehead atoms. The largest absolute Gasteiger partial charge is 0.495 e. The summed E-state index contributed by atoms with van der Waals surface area (Å²) in [5.41, 5.74) is 3.06. The maximum atomic E-state index is 13.3. The summed E-state index contributed by atoms with van der Waals surface area (Å²) in [6.07, 6.45) is 4.38. The van der Waals surface area contributed by atoms with Crippen LogP contribution in [0.3, 0.4) is 0 Å². The standard InChI is InChI=1S/C24H27FN4O4S2.C24H27FN4O3S2/c1-32-20-8-7-19(14-21(20)33-2)35(30,31)29-11-9-24(10-12-29)15-28(16-24)23-26-22(27-34-23)13-17-3-5-18(25)6-4-17;1-17-3-8-20(32-2)21(13-17)34(30,31)29-11-9-24(10-12-29)15-28(16-24)23-26-22(27-33-23)14-18-4-6-19(25)7-5-18/h3-8,14H,9-13,15-16H2,1-2H3;3-8,13H,9-12,14-16H2,1-2H3. The Morgan fingerprint density at radius 2 is 1.00 bits per heavy atom. The lowest BCUT2D eigenvalue weighted by Gasteiger charge is -2.53. The van der Waals surface area contributed by atoms with Crippen LogP contribution in [0.4, 0.5) is 19.0 Å². The molecule has 6 aromatic rings. The summed E-state index contributed by atoms with van der Waals surface area (Å²) in [7, 11) is -2.71. The number of piperidine rings is 2. The van der Waals surface area contributed by atoms with Gasteiger partial charge in [-0.25, -0.2) is 35.6 Å². The molecule has 4 saturated heterocycles. The summed E-state index contributed by atoms with van der Waals surface area (Å²) < 4.78 is 107. The number of anilines is 2. The van der Waals surface area contributed by atoms with Crippen LogP contribution in [0.15, 0.2) is 94.7 Å². The summed E-state index contributed by atoms with van der Waals surface area (Å²) in [4.78, 5) is 14.2. The number of sulfonamides is 2. The Hall–Kier alpha value is -5.32. The Morgan fingerprint density at radius 1 is 0.565 bits per heavy atom. The highest BCUT2D eigenvalue weighted by Crippen LogP contribution is 2.46. The van der Waals surface area contributed by atoms with Gasteiger partial charge in [-0.1, -0.05) is 30.3 Å². The minimum Gasteiger partial charge on any atom is -0.495 e. The fraction of sp³-hybridized carbons (Fsp3) is 0.417. The third-order valence-electron chi connectivity index (χ3n) is 13.6. The quantitative estimate of drug-likeness (QED) is 0.112. The Balaban J connectivity index is 0.000000172. The second-order valence-corrected chi connectivity index (χ2v) is 23.6. The van der Waals surface area contributed by atoms with Crippen molar-refractivity contribution in [2.45, 2.75) is 55.2 Å². The molecule has 4 aromatic carbocycles. The van der Waals surface area contributed by atoms with E-state index >= 15 is 0 Å². The monoisotopic (exact) mass is 1020 g/mol. The highest BCUT2D eigenvalue weighted by molar-refractivity contribution is 7.89. The number of benzene rings is 4. The lowest BCUT2D eigenvalue weighted by molar-refractivity contribution is 0.114. The maximum absolute atomic E-state index is 13.3. The molecular formula is C48H54F2N8O7S4. The van der Waals surface area contributed by atoms with Gasteiger partial charge in [-0.3, -0.25) is 0 Å². The SMILES string of the molecule is COc1ccc(C)cc1S(=O)(=O)N1CCC2(CC1)CN(c1nc(Cc3ccc(F)cc3)ns1)C2.COc1ccc(S(=O)(=O)N2CCC3(CC2)CN(c2nc(Cc4ccc(F)cc4)ns2)C3)cc1OC. The minimum absolute atomic E-state index is 0.104. The number of hydrogen-bond acceptors (Lipinski definition) is 15. The molecule has 4 fully saturated rings. The van der Waals surface area contributed by atoms with Crippen LogP contribution < -0.4 is 24.0 Å². The minimum atomic E-state index is -3.61. The summed E-state index contributed by atoms with van der Waals surface area (Å²) in [6, 6.07) is 22.7. The zero-order valence-electron chi connectivity index (χ0n) is 38.8. The highest BCUT2D eigenvalue weighted by atomic mass is 32.2. The zero-order valence-corrected chi connectivity index (χ0v) is 42.1. The Kier molecular flexibility index (Phi) is 14.0. The van der Waals surface area contributed by atoms with Crippen LogP contribution in [-0.2, 0) is 32.9 Å². The van der Waals surface area contributed by atoms with Gasteiger partial charge in [0.25, 0.3) is 0 Å². The fourth-order valence-corrected chi connectivity index (χ4v) is 14.0. The van der Waals surface area contributed by atoms with E-state index < -0.39 is 20.0 Å². The second kappa shape index (κ2) is 19.8. The van der Waals surface area contributed by atoms with Crippen LogP contribution in [0, 0.1) is 29.4 Å². The van der Waals surface area contributed by atoms with Crippen LogP contribution in [0.2, 0.25) is 0 Å². The van der Waals surface area contributed by atoms with Gasteiger partial charge in [0.1, 0.15) is 33.9 Å². The number of hydrogen-bond donors (Lipinski definition) is 0. The first-order valence-corrected chi connectivity index (χ1v) is 27.0. The molecule has 0 aliphatic carbocycles. The van der Waals surface area contributed by atoms with E-state index in [0.29, 0.717) is 56.3 Å². The third-order valence-corrected chi connectivity index (χ3v) is 19.1. The maximum Gasteiger partial charge on any atom is 0.246 e. The van der Waals surface area contributed by atoms with Crippen molar-refractivity contribution in [1.82, 2.24) is 27.3 Å². The van der Waals surface area contributed by atoms with Gasteiger partial charge in [0.05, 0.1) is 26.2 Å². The second-order valence-electron chi connectivity index (χ2n) is 18.3. The molecular weight excluding hydrogens is 967 g/mol. The number of halogens is 2. The molecule has 0 unspecified atom stereocenters. The first kappa shape index (κ1) is 48.7. The van der Waals surface area contributed by atoms with Crippen LogP contribution in [0.1, 0.15) is 54.0 Å². The van der Waals surface area contributed by atoms with E-state index in [1.807, 2.05) is 13.0 Å². The number of rotatable bonds is 13. The van der Waals surface area contributed by atoms with Gasteiger partial charge in [0, 0.05) is 105 Å². The van der Waals surface area contributed by atoms with Crippen LogP contribution in [-0.4, -0.2) is 118 Å². The van der Waals surface area contributed by atoms with Crippen LogP contribution in [0.25, 0.3) is 0 Å². The molecule has 0 N–H and O–H groups in total. The van der Waals surface area contributed by atoms with E-state index in [4.69, 9.17) is 14.2 Å². The van der Waals surface area contributed by atoms with Crippen LogP contribution in [0.5, 0.6) is 17.2 Å². The molecule has 4 aliphatic rings. The summed E-state index contributed by atoms with van der Waals surface area (Å²) in [5, 5.41) is 1.77. The van der Waals surface area contributed by atoms with Gasteiger partial charge in [-0.2, -0.15) is 17.4 Å². The van der Waals surface area contributed by atoms with E-state index in [-0.39, 0.29) is 32.3 Å². The summed E-state index contributed by atoms with van der Waals surface area (Å²) in [6.45, 7) is 7.26. The molecule has 21 heteroatoms.